The summed E-state index contributed by atoms with van der Waals surface area (Å²) in [6, 6.07) is 29.8. The molecular formula is C53H65N5O9. The van der Waals surface area contributed by atoms with Crippen LogP contribution in [0.4, 0.5) is 21.0 Å². The van der Waals surface area contributed by atoms with Crippen LogP contribution >= 0.6 is 0 Å². The molecule has 1 saturated carbocycles. The zero-order chi connectivity index (χ0) is 48.3. The molecule has 14 nitrogen and oxygen atoms in total. The number of nitrogens with zero attached hydrogens (tertiary/aromatic N) is 3. The van der Waals surface area contributed by atoms with E-state index in [0.29, 0.717) is 30.6 Å². The maximum Gasteiger partial charge on any atom is 0.407 e. The van der Waals surface area contributed by atoms with Crippen LogP contribution in [0.25, 0.3) is 0 Å². The fourth-order valence-corrected chi connectivity index (χ4v) is 9.11. The minimum Gasteiger partial charge on any atom is -0.478 e. The SMILES string of the molecule is CC(C)N(C(=O)c1ccc2c(c1)N(CCNC(=O)OCc1ccccc1)C(=O)C(C)(C)C2)C1CCCCC1.CC1(C)Cc2ccc(C(=O)O)cc2N(CCNC(=O)OCc2ccccc2)C1=O. The van der Waals surface area contributed by atoms with Crippen molar-refractivity contribution < 1.29 is 43.3 Å². The largest absolute Gasteiger partial charge is 0.478 e. The van der Waals surface area contributed by atoms with Crippen molar-refractivity contribution in [3.8, 4) is 0 Å². The molecular weight excluding hydrogens is 851 g/mol. The Hall–Kier alpha value is -6.70. The van der Waals surface area contributed by atoms with E-state index in [2.05, 4.69) is 24.5 Å². The Bertz CT molecular complexity index is 2400. The summed E-state index contributed by atoms with van der Waals surface area (Å²) in [5.74, 6) is -1.14. The van der Waals surface area contributed by atoms with E-state index in [9.17, 15) is 33.9 Å². The summed E-state index contributed by atoms with van der Waals surface area (Å²) < 4.78 is 10.5. The molecule has 356 valence electrons. The number of rotatable bonds is 14. The molecule has 0 unspecified atom stereocenters. The van der Waals surface area contributed by atoms with Gasteiger partial charge in [-0.25, -0.2) is 14.4 Å². The van der Waals surface area contributed by atoms with Gasteiger partial charge in [0.2, 0.25) is 11.8 Å². The molecule has 3 aliphatic rings. The second-order valence-electron chi connectivity index (χ2n) is 19.1. The van der Waals surface area contributed by atoms with E-state index >= 15 is 0 Å². The highest BCUT2D eigenvalue weighted by Crippen LogP contribution is 2.39. The zero-order valence-corrected chi connectivity index (χ0v) is 39.6. The lowest BCUT2D eigenvalue weighted by molar-refractivity contribution is -0.127. The number of hydrogen-bond acceptors (Lipinski definition) is 8. The number of ether oxygens (including phenoxy) is 2. The number of amides is 5. The predicted molar refractivity (Wildman–Crippen MR) is 257 cm³/mol. The summed E-state index contributed by atoms with van der Waals surface area (Å²) in [4.78, 5) is 80.9. The first-order valence-corrected chi connectivity index (χ1v) is 23.3. The van der Waals surface area contributed by atoms with Gasteiger partial charge in [-0.05, 0) is 86.1 Å². The van der Waals surface area contributed by atoms with E-state index in [1.807, 2.05) is 111 Å². The van der Waals surface area contributed by atoms with Crippen molar-refractivity contribution in [1.29, 1.82) is 0 Å². The fourth-order valence-electron chi connectivity index (χ4n) is 9.11. The summed E-state index contributed by atoms with van der Waals surface area (Å²) in [5.41, 5.74) is 4.62. The van der Waals surface area contributed by atoms with Crippen molar-refractivity contribution >= 4 is 47.3 Å². The first-order chi connectivity index (χ1) is 31.9. The second kappa shape index (κ2) is 22.2. The number of alkyl carbamates (subject to hydrolysis) is 2. The van der Waals surface area contributed by atoms with Gasteiger partial charge in [-0.2, -0.15) is 0 Å². The molecule has 0 radical (unpaired) electrons. The molecule has 0 saturated heterocycles. The van der Waals surface area contributed by atoms with Crippen LogP contribution in [0.1, 0.15) is 117 Å². The maximum atomic E-state index is 13.7. The Balaban J connectivity index is 0.000000229. The highest BCUT2D eigenvalue weighted by Gasteiger charge is 2.41. The molecule has 0 atom stereocenters. The third-order valence-electron chi connectivity index (χ3n) is 12.6. The third kappa shape index (κ3) is 12.8. The number of fused-ring (bicyclic) bond motifs is 2. The maximum absolute atomic E-state index is 13.7. The van der Waals surface area contributed by atoms with Gasteiger partial charge in [-0.3, -0.25) is 14.4 Å². The first kappa shape index (κ1) is 49.7. The lowest BCUT2D eigenvalue weighted by Gasteiger charge is -2.40. The number of carbonyl (C=O) groups is 6. The average Bonchev–Trinajstić information content (AvgIpc) is 3.31. The van der Waals surface area contributed by atoms with Crippen LogP contribution in [0.2, 0.25) is 0 Å². The minimum atomic E-state index is -1.05. The Labute approximate surface area is 394 Å². The molecule has 14 heteroatoms. The van der Waals surface area contributed by atoms with E-state index in [4.69, 9.17) is 9.47 Å². The van der Waals surface area contributed by atoms with Crippen LogP contribution in [0.15, 0.2) is 97.1 Å². The topological polar surface area (TPSA) is 175 Å². The van der Waals surface area contributed by atoms with Crippen molar-refractivity contribution in [2.75, 3.05) is 36.0 Å². The van der Waals surface area contributed by atoms with Crippen LogP contribution < -0.4 is 20.4 Å². The van der Waals surface area contributed by atoms with Gasteiger partial charge in [0.25, 0.3) is 5.91 Å². The molecule has 4 aromatic carbocycles. The van der Waals surface area contributed by atoms with Crippen LogP contribution in [0, 0.1) is 10.8 Å². The Morgan fingerprint density at radius 3 is 1.52 bits per heavy atom. The number of aromatic carboxylic acids is 1. The van der Waals surface area contributed by atoms with Crippen LogP contribution in [0.3, 0.4) is 0 Å². The normalized spacial score (nSPS) is 16.2. The smallest absolute Gasteiger partial charge is 0.407 e. The van der Waals surface area contributed by atoms with E-state index < -0.39 is 29.0 Å². The quantitative estimate of drug-likeness (QED) is 0.112. The van der Waals surface area contributed by atoms with E-state index in [0.717, 1.165) is 53.6 Å². The standard InChI is InChI=1S/C31H41N3O4.C22H24N2O5/c1-22(2)34(26-13-9-6-10-14-26)28(35)24-15-16-25-20-31(3,4)29(36)33(27(25)19-24)18-17-32-30(37)38-21-23-11-7-5-8-12-23;1-22(2)13-17-9-8-16(19(25)26)12-18(17)24(20(22)27)11-10-23-21(28)29-14-15-6-4-3-5-7-15/h5,7-8,11-12,15-16,19,22,26H,6,9-10,13-14,17-18,20-21H2,1-4H3,(H,32,37);3-9,12H,10-11,13-14H2,1-2H3,(H,23,28)(H,25,26). The molecule has 4 aromatic rings. The molecule has 1 fully saturated rings. The average molecular weight is 916 g/mol. The lowest BCUT2D eigenvalue weighted by atomic mass is 9.80. The summed E-state index contributed by atoms with van der Waals surface area (Å²) >= 11 is 0. The number of benzene rings is 4. The number of carboxylic acid groups (broad SMARTS) is 1. The lowest BCUT2D eigenvalue weighted by Crippen LogP contribution is -2.49. The summed E-state index contributed by atoms with van der Waals surface area (Å²) in [5, 5.41) is 14.7. The van der Waals surface area contributed by atoms with Gasteiger partial charge in [0.05, 0.1) is 5.56 Å². The number of carboxylic acids is 1. The van der Waals surface area contributed by atoms with Crippen LogP contribution in [0.5, 0.6) is 0 Å². The van der Waals surface area contributed by atoms with Crippen LogP contribution in [-0.4, -0.2) is 84.1 Å². The van der Waals surface area contributed by atoms with E-state index in [-0.39, 0.29) is 68.2 Å². The van der Waals surface area contributed by atoms with Crippen molar-refractivity contribution in [3.05, 3.63) is 130 Å². The van der Waals surface area contributed by atoms with Gasteiger partial charge in [0.1, 0.15) is 13.2 Å². The van der Waals surface area contributed by atoms with Crippen molar-refractivity contribution in [1.82, 2.24) is 15.5 Å². The van der Waals surface area contributed by atoms with Crippen molar-refractivity contribution in [2.45, 2.75) is 112 Å². The molecule has 2 aliphatic heterocycles. The van der Waals surface area contributed by atoms with Crippen molar-refractivity contribution in [2.24, 2.45) is 10.8 Å². The van der Waals surface area contributed by atoms with Gasteiger partial charge in [0.15, 0.2) is 0 Å². The number of hydrogen-bond donors (Lipinski definition) is 3. The molecule has 5 amide bonds. The molecule has 0 bridgehead atoms. The van der Waals surface area contributed by atoms with E-state index in [1.165, 1.54) is 12.5 Å². The fraction of sp³-hybridized carbons (Fsp3) is 0.434. The van der Waals surface area contributed by atoms with Crippen LogP contribution in [-0.2, 0) is 45.1 Å². The zero-order valence-electron chi connectivity index (χ0n) is 39.6. The molecule has 3 N–H and O–H groups in total. The van der Waals surface area contributed by atoms with Gasteiger partial charge in [0, 0.05) is 66.0 Å². The summed E-state index contributed by atoms with van der Waals surface area (Å²) in [6.45, 7) is 13.0. The molecule has 0 spiro atoms. The number of nitrogens with one attached hydrogen (secondary N) is 2. The second-order valence-corrected chi connectivity index (χ2v) is 19.1. The monoisotopic (exact) mass is 915 g/mol. The molecule has 7 rings (SSSR count). The third-order valence-corrected chi connectivity index (χ3v) is 12.6. The first-order valence-electron chi connectivity index (χ1n) is 23.3. The molecule has 1 aliphatic carbocycles. The van der Waals surface area contributed by atoms with Gasteiger partial charge >= 0.3 is 18.2 Å². The summed E-state index contributed by atoms with van der Waals surface area (Å²) in [6.07, 6.45) is 5.67. The molecule has 2 heterocycles. The highest BCUT2D eigenvalue weighted by molar-refractivity contribution is 6.03. The van der Waals surface area contributed by atoms with Gasteiger partial charge in [-0.1, -0.05) is 120 Å². The highest BCUT2D eigenvalue weighted by atomic mass is 16.6. The Kier molecular flexibility index (Phi) is 16.5. The number of anilines is 2. The van der Waals surface area contributed by atoms with Gasteiger partial charge < -0.3 is 39.9 Å². The van der Waals surface area contributed by atoms with Crippen molar-refractivity contribution in [3.63, 3.8) is 0 Å². The summed E-state index contributed by atoms with van der Waals surface area (Å²) in [7, 11) is 0. The Morgan fingerprint density at radius 2 is 1.09 bits per heavy atom. The molecule has 67 heavy (non-hydrogen) atoms. The predicted octanol–water partition coefficient (Wildman–Crippen LogP) is 8.94. The number of carbonyl (C=O) groups excluding carboxylic acids is 5. The minimum absolute atomic E-state index is 0.0120. The van der Waals surface area contributed by atoms with E-state index in [1.54, 1.807) is 21.9 Å². The van der Waals surface area contributed by atoms with Gasteiger partial charge in [-0.15, -0.1) is 0 Å². The molecule has 0 aromatic heterocycles. The Morgan fingerprint density at radius 1 is 0.657 bits per heavy atom.